The molecule has 2 rings (SSSR count). The predicted octanol–water partition coefficient (Wildman–Crippen LogP) is 3.34. The molecule has 6 nitrogen and oxygen atoms in total. The zero-order chi connectivity index (χ0) is 15.6. The molecule has 1 aromatic carbocycles. The number of rotatable bonds is 4. The first-order valence-corrected chi connectivity index (χ1v) is 6.46. The summed E-state index contributed by atoms with van der Waals surface area (Å²) in [4.78, 5) is 26.3. The maximum Gasteiger partial charge on any atom is 0.348 e. The Morgan fingerprint density at radius 2 is 2.10 bits per heavy atom. The molecule has 0 aliphatic heterocycles. The minimum absolute atomic E-state index is 0.143. The molecule has 0 aliphatic carbocycles. The van der Waals surface area contributed by atoms with Gasteiger partial charge in [-0.25, -0.2) is 4.98 Å². The molecule has 7 heteroatoms. The van der Waals surface area contributed by atoms with Gasteiger partial charge in [-0.05, 0) is 22.6 Å². The molecule has 0 saturated carbocycles. The average molecular weight is 306 g/mol. The molecular formula is C14H12ClN3O3. The van der Waals surface area contributed by atoms with Crippen LogP contribution in [0.3, 0.4) is 0 Å². The molecule has 108 valence electrons. The van der Waals surface area contributed by atoms with E-state index in [0.29, 0.717) is 16.4 Å². The molecule has 0 aliphatic rings. The molecule has 2 aromatic rings. The summed E-state index contributed by atoms with van der Waals surface area (Å²) in [6.07, 6.45) is 2.64. The lowest BCUT2D eigenvalue weighted by atomic mass is 10.1. The van der Waals surface area contributed by atoms with Crippen molar-refractivity contribution < 1.29 is 9.72 Å². The van der Waals surface area contributed by atoms with E-state index in [9.17, 15) is 14.9 Å². The third-order valence-electron chi connectivity index (χ3n) is 2.91. The summed E-state index contributed by atoms with van der Waals surface area (Å²) in [6, 6.07) is 6.94. The fraction of sp³-hybridized carbons (Fsp3) is 0.143. The average Bonchev–Trinajstić information content (AvgIpc) is 2.79. The molecular weight excluding hydrogens is 294 g/mol. The van der Waals surface area contributed by atoms with Crippen LogP contribution in [0.1, 0.15) is 18.3 Å². The summed E-state index contributed by atoms with van der Waals surface area (Å²) in [5.74, 6) is -0.227. The molecule has 0 radical (unpaired) electrons. The van der Waals surface area contributed by atoms with E-state index in [1.54, 1.807) is 31.2 Å². The molecule has 21 heavy (non-hydrogen) atoms. The number of allylic oxidation sites excluding steroid dienone is 1. The van der Waals surface area contributed by atoms with Gasteiger partial charge in [0.1, 0.15) is 6.20 Å². The molecule has 0 saturated heterocycles. The quantitative estimate of drug-likeness (QED) is 0.493. The largest absolute Gasteiger partial charge is 0.358 e. The van der Waals surface area contributed by atoms with Crippen molar-refractivity contribution in [2.24, 2.45) is 0 Å². The van der Waals surface area contributed by atoms with E-state index < -0.39 is 4.92 Å². The number of imidazole rings is 1. The first-order valence-electron chi connectivity index (χ1n) is 6.08. The predicted molar refractivity (Wildman–Crippen MR) is 79.9 cm³/mol. The number of nitro groups is 1. The maximum absolute atomic E-state index is 11.9. The molecule has 0 unspecified atom stereocenters. The topological polar surface area (TPSA) is 78.0 Å². The van der Waals surface area contributed by atoms with Crippen molar-refractivity contribution in [1.29, 1.82) is 0 Å². The van der Waals surface area contributed by atoms with Crippen LogP contribution >= 0.6 is 11.6 Å². The zero-order valence-electron chi connectivity index (χ0n) is 11.4. The Labute approximate surface area is 125 Å². The molecule has 0 atom stereocenters. The fourth-order valence-electron chi connectivity index (χ4n) is 1.92. The SMILES string of the molecule is CC(=O)/C(=C\c1ccccc1Cl)n1c([N+](=O)[O-])cnc1C. The highest BCUT2D eigenvalue weighted by Gasteiger charge is 2.24. The molecule has 0 N–H and O–H groups in total. The van der Waals surface area contributed by atoms with E-state index in [1.165, 1.54) is 17.6 Å². The minimum atomic E-state index is -0.580. The van der Waals surface area contributed by atoms with Gasteiger partial charge < -0.3 is 10.1 Å². The molecule has 0 spiro atoms. The highest BCUT2D eigenvalue weighted by Crippen LogP contribution is 2.25. The first-order chi connectivity index (χ1) is 9.91. The van der Waals surface area contributed by atoms with E-state index in [1.807, 2.05) is 0 Å². The number of hydrogen-bond acceptors (Lipinski definition) is 4. The summed E-state index contributed by atoms with van der Waals surface area (Å²) in [5, 5.41) is 11.5. The Balaban J connectivity index is 2.66. The smallest absolute Gasteiger partial charge is 0.348 e. The van der Waals surface area contributed by atoms with Crippen LogP contribution in [0.2, 0.25) is 5.02 Å². The van der Waals surface area contributed by atoms with E-state index in [2.05, 4.69) is 4.98 Å². The summed E-state index contributed by atoms with van der Waals surface area (Å²) in [5.41, 5.74) is 0.747. The highest BCUT2D eigenvalue weighted by atomic mass is 35.5. The van der Waals surface area contributed by atoms with Crippen molar-refractivity contribution >= 4 is 35.0 Å². The maximum atomic E-state index is 11.9. The number of ketones is 1. The molecule has 0 fully saturated rings. The summed E-state index contributed by atoms with van der Waals surface area (Å²) >= 11 is 6.06. The Bertz CT molecular complexity index is 750. The van der Waals surface area contributed by atoms with Gasteiger partial charge in [-0.15, -0.1) is 0 Å². The van der Waals surface area contributed by atoms with Gasteiger partial charge in [0.05, 0.1) is 0 Å². The molecule has 1 aromatic heterocycles. The van der Waals surface area contributed by atoms with Crippen molar-refractivity contribution in [3.8, 4) is 0 Å². The Hall–Kier alpha value is -2.47. The molecule has 0 bridgehead atoms. The lowest BCUT2D eigenvalue weighted by Gasteiger charge is -2.05. The number of Topliss-reactive ketones (excluding diaryl/α,β-unsaturated/α-hetero) is 1. The van der Waals surface area contributed by atoms with E-state index >= 15 is 0 Å². The summed E-state index contributed by atoms with van der Waals surface area (Å²) < 4.78 is 1.21. The summed E-state index contributed by atoms with van der Waals surface area (Å²) in [6.45, 7) is 2.93. The second-order valence-electron chi connectivity index (χ2n) is 4.36. The van der Waals surface area contributed by atoms with Gasteiger partial charge in [0.15, 0.2) is 17.3 Å². The number of aryl methyl sites for hydroxylation is 1. The van der Waals surface area contributed by atoms with E-state index in [4.69, 9.17) is 11.6 Å². The van der Waals surface area contributed by atoms with Crippen LogP contribution in [-0.4, -0.2) is 20.3 Å². The van der Waals surface area contributed by atoms with Gasteiger partial charge in [-0.1, -0.05) is 29.8 Å². The van der Waals surface area contributed by atoms with Crippen LogP contribution in [0.4, 0.5) is 5.82 Å². The lowest BCUT2D eigenvalue weighted by molar-refractivity contribution is -0.390. The summed E-state index contributed by atoms with van der Waals surface area (Å²) in [7, 11) is 0. The lowest BCUT2D eigenvalue weighted by Crippen LogP contribution is -2.10. The highest BCUT2D eigenvalue weighted by molar-refractivity contribution is 6.32. The number of hydrogen-bond donors (Lipinski definition) is 0. The monoisotopic (exact) mass is 305 g/mol. The normalized spacial score (nSPS) is 11.5. The Kier molecular flexibility index (Phi) is 4.18. The number of aromatic nitrogens is 2. The standard InChI is InChI=1S/C14H12ClN3O3/c1-9(19)13(7-11-5-3-4-6-12(11)15)17-10(2)16-8-14(17)18(20)21/h3-8H,1-2H3/b13-7+. The zero-order valence-corrected chi connectivity index (χ0v) is 12.2. The van der Waals surface area contributed by atoms with Gasteiger partial charge in [-0.2, -0.15) is 4.57 Å². The second kappa shape index (κ2) is 5.88. The second-order valence-corrected chi connectivity index (χ2v) is 4.77. The van der Waals surface area contributed by atoms with Gasteiger partial charge in [-0.3, -0.25) is 4.79 Å². The molecule has 0 amide bonds. The number of carbonyl (C=O) groups is 1. The minimum Gasteiger partial charge on any atom is -0.358 e. The van der Waals surface area contributed by atoms with Gasteiger partial charge in [0.25, 0.3) is 0 Å². The van der Waals surface area contributed by atoms with Crippen LogP contribution < -0.4 is 0 Å². The van der Waals surface area contributed by atoms with Crippen molar-refractivity contribution in [2.45, 2.75) is 13.8 Å². The van der Waals surface area contributed by atoms with Crippen molar-refractivity contribution in [3.05, 3.63) is 57.0 Å². The van der Waals surface area contributed by atoms with Crippen LogP contribution in [0.5, 0.6) is 0 Å². The first kappa shape index (κ1) is 14.9. The third-order valence-corrected chi connectivity index (χ3v) is 3.25. The van der Waals surface area contributed by atoms with Crippen LogP contribution in [0, 0.1) is 17.0 Å². The van der Waals surface area contributed by atoms with E-state index in [0.717, 1.165) is 6.20 Å². The van der Waals surface area contributed by atoms with Gasteiger partial charge in [0.2, 0.25) is 0 Å². The van der Waals surface area contributed by atoms with Crippen molar-refractivity contribution in [3.63, 3.8) is 0 Å². The van der Waals surface area contributed by atoms with Gasteiger partial charge in [0, 0.05) is 18.9 Å². The van der Waals surface area contributed by atoms with Crippen LogP contribution in [-0.2, 0) is 4.79 Å². The van der Waals surface area contributed by atoms with Crippen LogP contribution in [0.15, 0.2) is 30.5 Å². The van der Waals surface area contributed by atoms with Crippen molar-refractivity contribution in [2.75, 3.05) is 0 Å². The van der Waals surface area contributed by atoms with Crippen LogP contribution in [0.25, 0.3) is 11.8 Å². The Morgan fingerprint density at radius 1 is 1.43 bits per heavy atom. The number of nitrogens with zero attached hydrogens (tertiary/aromatic N) is 3. The number of benzene rings is 1. The number of halogens is 1. The van der Waals surface area contributed by atoms with Crippen molar-refractivity contribution in [1.82, 2.24) is 9.55 Å². The van der Waals surface area contributed by atoms with Gasteiger partial charge >= 0.3 is 5.82 Å². The third kappa shape index (κ3) is 3.00. The Morgan fingerprint density at radius 3 is 2.67 bits per heavy atom. The molecule has 1 heterocycles. The number of carbonyl (C=O) groups excluding carboxylic acids is 1. The fourth-order valence-corrected chi connectivity index (χ4v) is 2.11. The van der Waals surface area contributed by atoms with E-state index in [-0.39, 0.29) is 17.3 Å².